The van der Waals surface area contributed by atoms with Crippen LogP contribution >= 0.6 is 0 Å². The van der Waals surface area contributed by atoms with E-state index in [1.165, 1.54) is 6.92 Å². The summed E-state index contributed by atoms with van der Waals surface area (Å²) in [6.07, 6.45) is 0. The molecule has 0 aromatic heterocycles. The molecule has 0 amide bonds. The van der Waals surface area contributed by atoms with Gasteiger partial charge in [-0.1, -0.05) is 0 Å². The van der Waals surface area contributed by atoms with Crippen LogP contribution in [0.25, 0.3) is 0 Å². The molecule has 0 saturated heterocycles. The Bertz CT molecular complexity index is 382. The van der Waals surface area contributed by atoms with Crippen molar-refractivity contribution in [1.29, 1.82) is 0 Å². The van der Waals surface area contributed by atoms with Gasteiger partial charge in [-0.25, -0.2) is 4.39 Å². The van der Waals surface area contributed by atoms with Crippen molar-refractivity contribution in [3.05, 3.63) is 33.6 Å². The quantitative estimate of drug-likeness (QED) is 0.389. The van der Waals surface area contributed by atoms with Gasteiger partial charge in [0.15, 0.2) is 0 Å². The van der Waals surface area contributed by atoms with Crippen molar-refractivity contribution >= 4 is 18.3 Å². The minimum atomic E-state index is -1.91. The van der Waals surface area contributed by atoms with Crippen LogP contribution < -0.4 is 5.46 Å². The monoisotopic (exact) mass is 199 g/mol. The molecular formula is C7H7BFNO4. The Balaban J connectivity index is 3.40. The molecule has 0 aliphatic heterocycles. The van der Waals surface area contributed by atoms with E-state index in [9.17, 15) is 14.5 Å². The second-order valence-corrected chi connectivity index (χ2v) is 2.77. The summed E-state index contributed by atoms with van der Waals surface area (Å²) in [5, 5.41) is 28.0. The molecule has 1 rings (SSSR count). The highest BCUT2D eigenvalue weighted by Gasteiger charge is 2.22. The summed E-state index contributed by atoms with van der Waals surface area (Å²) in [6, 6.07) is 1.59. The minimum absolute atomic E-state index is 0.0476. The average molecular weight is 199 g/mol. The first-order valence-electron chi connectivity index (χ1n) is 3.74. The molecule has 0 aliphatic carbocycles. The predicted octanol–water partition coefficient (Wildman–Crippen LogP) is -0.278. The maximum absolute atomic E-state index is 12.8. The third-order valence-corrected chi connectivity index (χ3v) is 1.86. The lowest BCUT2D eigenvalue weighted by Gasteiger charge is -2.04. The lowest BCUT2D eigenvalue weighted by molar-refractivity contribution is -0.385. The van der Waals surface area contributed by atoms with Crippen LogP contribution in [0.3, 0.4) is 0 Å². The number of benzene rings is 1. The topological polar surface area (TPSA) is 83.6 Å². The molecule has 0 atom stereocenters. The van der Waals surface area contributed by atoms with Crippen LogP contribution in [0, 0.1) is 22.9 Å². The van der Waals surface area contributed by atoms with Crippen LogP contribution in [0.5, 0.6) is 0 Å². The molecule has 0 bridgehead atoms. The van der Waals surface area contributed by atoms with E-state index in [1.54, 1.807) is 0 Å². The fraction of sp³-hybridized carbons (Fsp3) is 0.143. The summed E-state index contributed by atoms with van der Waals surface area (Å²) in [4.78, 5) is 9.65. The number of nitrogens with zero attached hydrogens (tertiary/aromatic N) is 1. The summed E-state index contributed by atoms with van der Waals surface area (Å²) < 4.78 is 12.8. The van der Waals surface area contributed by atoms with Gasteiger partial charge in [0.25, 0.3) is 5.69 Å². The van der Waals surface area contributed by atoms with E-state index in [2.05, 4.69) is 0 Å². The number of hydrogen-bond acceptors (Lipinski definition) is 4. The Morgan fingerprint density at radius 2 is 2.07 bits per heavy atom. The highest BCUT2D eigenvalue weighted by atomic mass is 19.1. The maximum Gasteiger partial charge on any atom is 0.489 e. The van der Waals surface area contributed by atoms with Crippen LogP contribution in [-0.4, -0.2) is 22.1 Å². The van der Waals surface area contributed by atoms with E-state index in [0.717, 1.165) is 12.1 Å². The summed E-state index contributed by atoms with van der Waals surface area (Å²) >= 11 is 0. The van der Waals surface area contributed by atoms with Gasteiger partial charge in [0.05, 0.1) is 11.0 Å². The standard InChI is InChI=1S/C7H7BFNO4/c1-4-6(8(11)12)2-5(9)3-7(4)10(13)14/h2-3,11-12H,1H3. The van der Waals surface area contributed by atoms with Crippen molar-refractivity contribution in [3.63, 3.8) is 0 Å². The number of hydrogen-bond donors (Lipinski definition) is 2. The van der Waals surface area contributed by atoms with Gasteiger partial charge >= 0.3 is 7.12 Å². The number of halogens is 1. The zero-order valence-electron chi connectivity index (χ0n) is 7.27. The van der Waals surface area contributed by atoms with Gasteiger partial charge < -0.3 is 10.0 Å². The molecule has 0 unspecified atom stereocenters. The second-order valence-electron chi connectivity index (χ2n) is 2.77. The molecule has 1 aromatic carbocycles. The van der Waals surface area contributed by atoms with E-state index in [0.29, 0.717) is 0 Å². The van der Waals surface area contributed by atoms with E-state index in [-0.39, 0.29) is 11.0 Å². The minimum Gasteiger partial charge on any atom is -0.423 e. The van der Waals surface area contributed by atoms with Gasteiger partial charge in [0.2, 0.25) is 0 Å². The molecule has 0 saturated carbocycles. The first kappa shape index (κ1) is 10.6. The normalized spacial score (nSPS) is 10.0. The molecule has 0 heterocycles. The highest BCUT2D eigenvalue weighted by molar-refractivity contribution is 6.59. The van der Waals surface area contributed by atoms with Gasteiger partial charge in [-0.3, -0.25) is 10.1 Å². The highest BCUT2D eigenvalue weighted by Crippen LogP contribution is 2.16. The summed E-state index contributed by atoms with van der Waals surface area (Å²) in [7, 11) is -1.91. The SMILES string of the molecule is Cc1c(B(O)O)cc(F)cc1[N+](=O)[O-]. The number of nitro groups is 1. The Morgan fingerprint density at radius 1 is 1.50 bits per heavy atom. The maximum atomic E-state index is 12.8. The van der Waals surface area contributed by atoms with Crippen LogP contribution in [-0.2, 0) is 0 Å². The van der Waals surface area contributed by atoms with E-state index >= 15 is 0 Å². The van der Waals surface area contributed by atoms with Gasteiger partial charge in [-0.2, -0.15) is 0 Å². The Kier molecular flexibility index (Phi) is 2.83. The van der Waals surface area contributed by atoms with E-state index in [1.807, 2.05) is 0 Å². The van der Waals surface area contributed by atoms with Crippen LogP contribution in [0.2, 0.25) is 0 Å². The summed E-state index contributed by atoms with van der Waals surface area (Å²) in [5.41, 5.74) is -0.615. The lowest BCUT2D eigenvalue weighted by atomic mass is 9.77. The van der Waals surface area contributed by atoms with Crippen LogP contribution in [0.1, 0.15) is 5.56 Å². The molecule has 0 aliphatic rings. The van der Waals surface area contributed by atoms with Crippen LogP contribution in [0.15, 0.2) is 12.1 Å². The summed E-state index contributed by atoms with van der Waals surface area (Å²) in [5.74, 6) is -0.870. The second kappa shape index (κ2) is 3.73. The molecular weight excluding hydrogens is 192 g/mol. The number of nitro benzene ring substituents is 1. The zero-order chi connectivity index (χ0) is 10.9. The first-order valence-corrected chi connectivity index (χ1v) is 3.74. The van der Waals surface area contributed by atoms with Gasteiger partial charge in [-0.15, -0.1) is 0 Å². The zero-order valence-corrected chi connectivity index (χ0v) is 7.27. The third-order valence-electron chi connectivity index (χ3n) is 1.86. The predicted molar refractivity (Wildman–Crippen MR) is 47.6 cm³/mol. The lowest BCUT2D eigenvalue weighted by Crippen LogP contribution is -2.33. The first-order chi connectivity index (χ1) is 6.43. The smallest absolute Gasteiger partial charge is 0.423 e. The molecule has 1 aromatic rings. The number of rotatable bonds is 2. The fourth-order valence-electron chi connectivity index (χ4n) is 1.14. The van der Waals surface area contributed by atoms with Crippen molar-refractivity contribution in [2.75, 3.05) is 0 Å². The van der Waals surface area contributed by atoms with Crippen molar-refractivity contribution in [1.82, 2.24) is 0 Å². The Morgan fingerprint density at radius 3 is 2.50 bits per heavy atom. The molecule has 7 heteroatoms. The van der Waals surface area contributed by atoms with Gasteiger partial charge in [0.1, 0.15) is 5.82 Å². The van der Waals surface area contributed by atoms with Crippen molar-refractivity contribution in [2.45, 2.75) is 6.92 Å². The largest absolute Gasteiger partial charge is 0.489 e. The molecule has 2 N–H and O–H groups in total. The van der Waals surface area contributed by atoms with E-state index in [4.69, 9.17) is 10.0 Å². The van der Waals surface area contributed by atoms with Gasteiger partial charge in [-0.05, 0) is 18.5 Å². The third kappa shape index (κ3) is 1.89. The van der Waals surface area contributed by atoms with E-state index < -0.39 is 23.5 Å². The molecule has 0 spiro atoms. The Labute approximate surface area is 79.1 Å². The van der Waals surface area contributed by atoms with Crippen molar-refractivity contribution < 1.29 is 19.4 Å². The van der Waals surface area contributed by atoms with Crippen molar-refractivity contribution in [2.24, 2.45) is 0 Å². The molecule has 14 heavy (non-hydrogen) atoms. The molecule has 74 valence electrons. The fourth-order valence-corrected chi connectivity index (χ4v) is 1.14. The Hall–Kier alpha value is -1.47. The molecule has 5 nitrogen and oxygen atoms in total. The van der Waals surface area contributed by atoms with Crippen molar-refractivity contribution in [3.8, 4) is 0 Å². The summed E-state index contributed by atoms with van der Waals surface area (Å²) in [6.45, 7) is 1.33. The molecule has 0 radical (unpaired) electrons. The molecule has 0 fully saturated rings. The average Bonchev–Trinajstić information content (AvgIpc) is 2.07. The van der Waals surface area contributed by atoms with Gasteiger partial charge in [0, 0.05) is 5.56 Å². The van der Waals surface area contributed by atoms with Crippen LogP contribution in [0.4, 0.5) is 10.1 Å².